The minimum absolute atomic E-state index is 0. The molecule has 0 amide bonds. The van der Waals surface area contributed by atoms with E-state index in [0.717, 1.165) is 5.56 Å². The fraction of sp³-hybridized carbons (Fsp3) is 0.500. The Kier molecular flexibility index (Phi) is 9.39. The van der Waals surface area contributed by atoms with Gasteiger partial charge in [0, 0.05) is 20.1 Å². The van der Waals surface area contributed by atoms with Crippen LogP contribution in [0.2, 0.25) is 0 Å². The van der Waals surface area contributed by atoms with E-state index in [0.29, 0.717) is 19.0 Å². The molecule has 0 unspecified atom stereocenters. The molecule has 0 aliphatic rings. The number of aliphatic imine (C=N–C) groups is 1. The number of rotatable bonds is 5. The SMILES string of the molecule is CCNC(=NCCC(F)(F)F)N(C)Cc1ccccc1.I. The minimum atomic E-state index is -4.17. The number of nitrogens with zero attached hydrogens (tertiary/aromatic N) is 2. The molecule has 21 heavy (non-hydrogen) atoms. The molecule has 1 aromatic carbocycles. The first-order chi connectivity index (χ1) is 9.42. The molecule has 1 rings (SSSR count). The third-order valence-electron chi connectivity index (χ3n) is 2.62. The van der Waals surface area contributed by atoms with Crippen molar-refractivity contribution in [1.29, 1.82) is 0 Å². The highest BCUT2D eigenvalue weighted by atomic mass is 127. The van der Waals surface area contributed by atoms with E-state index >= 15 is 0 Å². The van der Waals surface area contributed by atoms with Crippen LogP contribution in [-0.4, -0.2) is 37.2 Å². The average molecular weight is 415 g/mol. The van der Waals surface area contributed by atoms with Gasteiger partial charge in [0.2, 0.25) is 0 Å². The van der Waals surface area contributed by atoms with Crippen molar-refractivity contribution in [1.82, 2.24) is 10.2 Å². The van der Waals surface area contributed by atoms with E-state index in [1.165, 1.54) is 0 Å². The Hall–Kier alpha value is -0.990. The van der Waals surface area contributed by atoms with Crippen molar-refractivity contribution < 1.29 is 13.2 Å². The van der Waals surface area contributed by atoms with Crippen LogP contribution in [0.5, 0.6) is 0 Å². The second kappa shape index (κ2) is 9.86. The summed E-state index contributed by atoms with van der Waals surface area (Å²) in [5, 5.41) is 3.00. The lowest BCUT2D eigenvalue weighted by atomic mass is 10.2. The van der Waals surface area contributed by atoms with Crippen LogP contribution < -0.4 is 5.32 Å². The van der Waals surface area contributed by atoms with Crippen molar-refractivity contribution in [2.75, 3.05) is 20.1 Å². The Labute approximate surface area is 140 Å². The zero-order valence-electron chi connectivity index (χ0n) is 12.2. The second-order valence-corrected chi connectivity index (χ2v) is 4.44. The van der Waals surface area contributed by atoms with Crippen LogP contribution >= 0.6 is 24.0 Å². The van der Waals surface area contributed by atoms with Gasteiger partial charge >= 0.3 is 6.18 Å². The van der Waals surface area contributed by atoms with Crippen LogP contribution in [0.3, 0.4) is 0 Å². The highest BCUT2D eigenvalue weighted by molar-refractivity contribution is 14.0. The van der Waals surface area contributed by atoms with E-state index in [9.17, 15) is 13.2 Å². The molecule has 7 heteroatoms. The van der Waals surface area contributed by atoms with Crippen LogP contribution in [0.25, 0.3) is 0 Å². The van der Waals surface area contributed by atoms with Gasteiger partial charge in [-0.1, -0.05) is 30.3 Å². The van der Waals surface area contributed by atoms with Gasteiger partial charge in [0.15, 0.2) is 5.96 Å². The molecule has 0 atom stereocenters. The number of hydrogen-bond acceptors (Lipinski definition) is 1. The molecule has 0 saturated carbocycles. The van der Waals surface area contributed by atoms with Gasteiger partial charge in [-0.25, -0.2) is 0 Å². The maximum absolute atomic E-state index is 12.1. The fourth-order valence-electron chi connectivity index (χ4n) is 1.69. The molecule has 1 N–H and O–H groups in total. The van der Waals surface area contributed by atoms with Gasteiger partial charge in [-0.05, 0) is 12.5 Å². The molecule has 0 radical (unpaired) electrons. The standard InChI is InChI=1S/C14H20F3N3.HI/c1-3-18-13(19-10-9-14(15,16)17)20(2)11-12-7-5-4-6-8-12;/h4-8H,3,9-11H2,1-2H3,(H,18,19);1H. The van der Waals surface area contributed by atoms with Gasteiger partial charge in [-0.15, -0.1) is 24.0 Å². The minimum Gasteiger partial charge on any atom is -0.357 e. The Bertz CT molecular complexity index is 421. The van der Waals surface area contributed by atoms with E-state index in [-0.39, 0.29) is 30.5 Å². The summed E-state index contributed by atoms with van der Waals surface area (Å²) < 4.78 is 36.4. The van der Waals surface area contributed by atoms with Crippen LogP contribution in [0.1, 0.15) is 18.9 Å². The monoisotopic (exact) mass is 415 g/mol. The van der Waals surface area contributed by atoms with E-state index in [1.807, 2.05) is 49.2 Å². The predicted molar refractivity (Wildman–Crippen MR) is 90.0 cm³/mol. The normalized spacial score (nSPS) is 11.8. The smallest absolute Gasteiger partial charge is 0.357 e. The highest BCUT2D eigenvalue weighted by Crippen LogP contribution is 2.19. The molecule has 0 fully saturated rings. The van der Waals surface area contributed by atoms with Crippen LogP contribution in [0.4, 0.5) is 13.2 Å². The van der Waals surface area contributed by atoms with Crippen LogP contribution in [0, 0.1) is 0 Å². The number of alkyl halides is 3. The van der Waals surface area contributed by atoms with Gasteiger partial charge in [-0.2, -0.15) is 13.2 Å². The van der Waals surface area contributed by atoms with Crippen molar-refractivity contribution in [3.63, 3.8) is 0 Å². The number of halogens is 4. The molecule has 0 aromatic heterocycles. The molecule has 0 aliphatic carbocycles. The molecular weight excluding hydrogens is 394 g/mol. The van der Waals surface area contributed by atoms with Crippen LogP contribution in [0.15, 0.2) is 35.3 Å². The van der Waals surface area contributed by atoms with Crippen molar-refractivity contribution >= 4 is 29.9 Å². The maximum Gasteiger partial charge on any atom is 0.390 e. The molecule has 0 saturated heterocycles. The summed E-state index contributed by atoms with van der Waals surface area (Å²) in [6, 6.07) is 9.71. The Morgan fingerprint density at radius 3 is 2.38 bits per heavy atom. The van der Waals surface area contributed by atoms with Crippen LogP contribution in [-0.2, 0) is 6.54 Å². The molecular formula is C14H21F3IN3. The summed E-state index contributed by atoms with van der Waals surface area (Å²) in [6.45, 7) is 2.84. The molecule has 0 bridgehead atoms. The van der Waals surface area contributed by atoms with Gasteiger partial charge in [0.05, 0.1) is 13.0 Å². The lowest BCUT2D eigenvalue weighted by molar-refractivity contribution is -0.132. The number of nitrogens with one attached hydrogen (secondary N) is 1. The van der Waals surface area contributed by atoms with E-state index in [4.69, 9.17) is 0 Å². The summed E-state index contributed by atoms with van der Waals surface area (Å²) in [5.74, 6) is 0.487. The zero-order valence-corrected chi connectivity index (χ0v) is 14.5. The summed E-state index contributed by atoms with van der Waals surface area (Å²) in [4.78, 5) is 5.82. The van der Waals surface area contributed by atoms with Gasteiger partial charge in [0.1, 0.15) is 0 Å². The Morgan fingerprint density at radius 1 is 1.24 bits per heavy atom. The Balaban J connectivity index is 0.00000400. The first kappa shape index (κ1) is 20.0. The molecule has 120 valence electrons. The van der Waals surface area contributed by atoms with Crippen molar-refractivity contribution in [3.8, 4) is 0 Å². The maximum atomic E-state index is 12.1. The van der Waals surface area contributed by atoms with Crippen molar-refractivity contribution in [3.05, 3.63) is 35.9 Å². The Morgan fingerprint density at radius 2 is 1.86 bits per heavy atom. The summed E-state index contributed by atoms with van der Waals surface area (Å²) in [5.41, 5.74) is 1.08. The zero-order chi connectivity index (χ0) is 15.0. The quantitative estimate of drug-likeness (QED) is 0.452. The number of benzene rings is 1. The van der Waals surface area contributed by atoms with Gasteiger partial charge < -0.3 is 10.2 Å². The van der Waals surface area contributed by atoms with E-state index < -0.39 is 12.6 Å². The predicted octanol–water partition coefficient (Wildman–Crippen LogP) is 3.65. The topological polar surface area (TPSA) is 27.6 Å². The van der Waals surface area contributed by atoms with Crippen molar-refractivity contribution in [2.24, 2.45) is 4.99 Å². The number of hydrogen-bond donors (Lipinski definition) is 1. The van der Waals surface area contributed by atoms with E-state index in [1.54, 1.807) is 0 Å². The lowest BCUT2D eigenvalue weighted by Gasteiger charge is -2.22. The summed E-state index contributed by atoms with van der Waals surface area (Å²) >= 11 is 0. The molecule has 0 aliphatic heterocycles. The summed E-state index contributed by atoms with van der Waals surface area (Å²) in [7, 11) is 1.81. The average Bonchev–Trinajstić information content (AvgIpc) is 2.37. The molecule has 0 spiro atoms. The third kappa shape index (κ3) is 8.79. The third-order valence-corrected chi connectivity index (χ3v) is 2.62. The first-order valence-corrected chi connectivity index (χ1v) is 6.52. The molecule has 0 heterocycles. The highest BCUT2D eigenvalue weighted by Gasteiger charge is 2.26. The molecule has 3 nitrogen and oxygen atoms in total. The fourth-order valence-corrected chi connectivity index (χ4v) is 1.69. The largest absolute Gasteiger partial charge is 0.390 e. The first-order valence-electron chi connectivity index (χ1n) is 6.52. The van der Waals surface area contributed by atoms with E-state index in [2.05, 4.69) is 10.3 Å². The van der Waals surface area contributed by atoms with Gasteiger partial charge in [0.25, 0.3) is 0 Å². The second-order valence-electron chi connectivity index (χ2n) is 4.44. The lowest BCUT2D eigenvalue weighted by Crippen LogP contribution is -2.38. The van der Waals surface area contributed by atoms with Gasteiger partial charge in [-0.3, -0.25) is 4.99 Å². The number of guanidine groups is 1. The summed E-state index contributed by atoms with van der Waals surface area (Å²) in [6.07, 6.45) is -5.07. The molecule has 1 aromatic rings. The van der Waals surface area contributed by atoms with Crippen molar-refractivity contribution in [2.45, 2.75) is 26.1 Å².